The van der Waals surface area contributed by atoms with Crippen molar-refractivity contribution < 1.29 is 4.74 Å². The fraction of sp³-hybridized carbons (Fsp3) is 0.500. The van der Waals surface area contributed by atoms with E-state index in [1.807, 2.05) is 19.9 Å². The van der Waals surface area contributed by atoms with Gasteiger partial charge in [-0.15, -0.1) is 11.3 Å². The van der Waals surface area contributed by atoms with Crippen LogP contribution in [0.4, 0.5) is 0 Å². The van der Waals surface area contributed by atoms with Gasteiger partial charge in [-0.05, 0) is 24.6 Å². The molecule has 0 saturated heterocycles. The molecule has 2 aromatic rings. The Morgan fingerprint density at radius 3 is 2.41 bits per heavy atom. The van der Waals surface area contributed by atoms with Gasteiger partial charge in [0.25, 0.3) is 0 Å². The van der Waals surface area contributed by atoms with Crippen LogP contribution in [0.15, 0.2) is 12.1 Å². The number of methoxy groups -OCH3 is 1. The Bertz CT molecular complexity index is 488. The van der Waals surface area contributed by atoms with Crippen LogP contribution in [0.5, 0.6) is 5.75 Å². The number of aromatic nitrogens is 1. The molecule has 1 aromatic carbocycles. The summed E-state index contributed by atoms with van der Waals surface area (Å²) in [5.41, 5.74) is 2.22. The predicted octanol–water partition coefficient (Wildman–Crippen LogP) is 4.76. The molecule has 17 heavy (non-hydrogen) atoms. The minimum absolute atomic E-state index is 0.479. The summed E-state index contributed by atoms with van der Waals surface area (Å²) >= 11 is 1.76. The smallest absolute Gasteiger partial charge is 0.146 e. The lowest BCUT2D eigenvalue weighted by molar-refractivity contribution is 0.418. The van der Waals surface area contributed by atoms with E-state index in [0.717, 1.165) is 11.3 Å². The van der Waals surface area contributed by atoms with E-state index in [1.165, 1.54) is 15.3 Å². The van der Waals surface area contributed by atoms with E-state index in [0.29, 0.717) is 5.92 Å². The topological polar surface area (TPSA) is 22.1 Å². The van der Waals surface area contributed by atoms with Crippen LogP contribution in [0.3, 0.4) is 0 Å². The quantitative estimate of drug-likeness (QED) is 0.767. The summed E-state index contributed by atoms with van der Waals surface area (Å²) in [4.78, 5) is 4.62. The summed E-state index contributed by atoms with van der Waals surface area (Å²) < 4.78 is 6.56. The van der Waals surface area contributed by atoms with Gasteiger partial charge in [-0.25, -0.2) is 4.98 Å². The van der Waals surface area contributed by atoms with Gasteiger partial charge in [0.1, 0.15) is 11.3 Å². The van der Waals surface area contributed by atoms with Crippen LogP contribution in [-0.4, -0.2) is 12.1 Å². The largest absolute Gasteiger partial charge is 0.494 e. The van der Waals surface area contributed by atoms with Crippen LogP contribution in [0.25, 0.3) is 10.2 Å². The number of benzene rings is 1. The second-order valence-electron chi connectivity index (χ2n) is 4.02. The molecule has 3 heteroatoms. The van der Waals surface area contributed by atoms with E-state index < -0.39 is 0 Å². The number of nitrogens with zero attached hydrogens (tertiary/aromatic N) is 1. The van der Waals surface area contributed by atoms with E-state index in [-0.39, 0.29) is 0 Å². The molecule has 0 bridgehead atoms. The predicted molar refractivity (Wildman–Crippen MR) is 76.3 cm³/mol. The third-order valence-corrected chi connectivity index (χ3v) is 3.64. The number of fused-ring (bicyclic) bond motifs is 1. The Hall–Kier alpha value is -1.09. The first-order chi connectivity index (χ1) is 8.11. The summed E-state index contributed by atoms with van der Waals surface area (Å²) in [6, 6.07) is 4.20. The monoisotopic (exact) mass is 251 g/mol. The van der Waals surface area contributed by atoms with Crippen molar-refractivity contribution in [1.29, 1.82) is 0 Å². The lowest BCUT2D eigenvalue weighted by Gasteiger charge is -2.01. The van der Waals surface area contributed by atoms with Gasteiger partial charge in [-0.1, -0.05) is 27.7 Å². The van der Waals surface area contributed by atoms with Gasteiger partial charge >= 0.3 is 0 Å². The number of hydrogen-bond acceptors (Lipinski definition) is 3. The second-order valence-corrected chi connectivity index (χ2v) is 5.08. The lowest BCUT2D eigenvalue weighted by atomic mass is 10.2. The fourth-order valence-corrected chi connectivity index (χ4v) is 2.64. The molecule has 0 unspecified atom stereocenters. The highest BCUT2D eigenvalue weighted by Crippen LogP contribution is 2.33. The van der Waals surface area contributed by atoms with E-state index in [4.69, 9.17) is 4.74 Å². The summed E-state index contributed by atoms with van der Waals surface area (Å²) in [7, 11) is 1.70. The maximum atomic E-state index is 5.35. The molecule has 2 nitrogen and oxygen atoms in total. The number of hydrogen-bond donors (Lipinski definition) is 0. The zero-order valence-corrected chi connectivity index (χ0v) is 12.3. The van der Waals surface area contributed by atoms with Gasteiger partial charge in [0.2, 0.25) is 0 Å². The Balaban J connectivity index is 0.000000686. The first-order valence-electron chi connectivity index (χ1n) is 6.07. The van der Waals surface area contributed by atoms with Crippen molar-refractivity contribution >= 4 is 21.6 Å². The highest BCUT2D eigenvalue weighted by molar-refractivity contribution is 7.18. The number of ether oxygens (including phenoxy) is 1. The molecule has 0 aliphatic carbocycles. The highest BCUT2D eigenvalue weighted by atomic mass is 32.1. The van der Waals surface area contributed by atoms with Crippen molar-refractivity contribution in [2.75, 3.05) is 7.11 Å². The van der Waals surface area contributed by atoms with Crippen molar-refractivity contribution in [3.8, 4) is 5.75 Å². The van der Waals surface area contributed by atoms with Crippen LogP contribution >= 0.6 is 11.3 Å². The zero-order chi connectivity index (χ0) is 13.0. The van der Waals surface area contributed by atoms with Crippen molar-refractivity contribution in [3.63, 3.8) is 0 Å². The van der Waals surface area contributed by atoms with Crippen LogP contribution in [0.1, 0.15) is 44.2 Å². The third-order valence-electron chi connectivity index (χ3n) is 2.33. The molecule has 0 atom stereocenters. The first-order valence-corrected chi connectivity index (χ1v) is 6.88. The first kappa shape index (κ1) is 14.0. The number of aryl methyl sites for hydroxylation is 1. The molecule has 94 valence electrons. The molecular weight excluding hydrogens is 230 g/mol. The van der Waals surface area contributed by atoms with Crippen LogP contribution in [-0.2, 0) is 0 Å². The van der Waals surface area contributed by atoms with Crippen LogP contribution < -0.4 is 4.74 Å². The number of rotatable bonds is 2. The number of thiazole rings is 1. The summed E-state index contributed by atoms with van der Waals surface area (Å²) in [5.74, 6) is 1.36. The minimum atomic E-state index is 0.479. The molecule has 0 saturated carbocycles. The maximum Gasteiger partial charge on any atom is 0.146 e. The lowest BCUT2D eigenvalue weighted by Crippen LogP contribution is -1.87. The molecule has 0 spiro atoms. The molecule has 2 rings (SSSR count). The third kappa shape index (κ3) is 2.97. The molecule has 0 aliphatic rings. The van der Waals surface area contributed by atoms with Crippen molar-refractivity contribution in [2.24, 2.45) is 0 Å². The highest BCUT2D eigenvalue weighted by Gasteiger charge is 2.11. The maximum absolute atomic E-state index is 5.35. The van der Waals surface area contributed by atoms with Gasteiger partial charge in [0, 0.05) is 5.92 Å². The minimum Gasteiger partial charge on any atom is -0.494 e. The van der Waals surface area contributed by atoms with Crippen molar-refractivity contribution in [2.45, 2.75) is 40.5 Å². The molecule has 1 aromatic heterocycles. The van der Waals surface area contributed by atoms with Crippen LogP contribution in [0.2, 0.25) is 0 Å². The van der Waals surface area contributed by atoms with Gasteiger partial charge in [-0.2, -0.15) is 0 Å². The Morgan fingerprint density at radius 1 is 1.24 bits per heavy atom. The van der Waals surface area contributed by atoms with Gasteiger partial charge in [0.05, 0.1) is 16.8 Å². The normalized spacial score (nSPS) is 10.3. The van der Waals surface area contributed by atoms with E-state index in [9.17, 15) is 0 Å². The molecular formula is C14H21NOS. The summed E-state index contributed by atoms with van der Waals surface area (Å²) in [6.07, 6.45) is 0. The van der Waals surface area contributed by atoms with Gasteiger partial charge in [0.15, 0.2) is 0 Å². The summed E-state index contributed by atoms with van der Waals surface area (Å²) in [5, 5.41) is 1.17. The molecule has 0 radical (unpaired) electrons. The molecule has 0 fully saturated rings. The molecule has 1 heterocycles. The second kappa shape index (κ2) is 6.01. The van der Waals surface area contributed by atoms with E-state index in [2.05, 4.69) is 31.8 Å². The Kier molecular flexibility index (Phi) is 4.94. The molecule has 0 aliphatic heterocycles. The van der Waals surface area contributed by atoms with Crippen molar-refractivity contribution in [3.05, 3.63) is 22.7 Å². The standard InChI is InChI=1S/C12H15NOS.C2H6/c1-7(2)12-13-11-9(14-4)5-8(3)6-10(11)15-12;1-2/h5-7H,1-4H3;1-2H3. The average molecular weight is 251 g/mol. The van der Waals surface area contributed by atoms with Crippen molar-refractivity contribution in [1.82, 2.24) is 4.98 Å². The fourth-order valence-electron chi connectivity index (χ4n) is 1.55. The average Bonchev–Trinajstić information content (AvgIpc) is 2.74. The molecule has 0 N–H and O–H groups in total. The van der Waals surface area contributed by atoms with Gasteiger partial charge < -0.3 is 4.74 Å². The Morgan fingerprint density at radius 2 is 1.88 bits per heavy atom. The zero-order valence-electron chi connectivity index (χ0n) is 11.5. The Labute approximate surface area is 108 Å². The van der Waals surface area contributed by atoms with Gasteiger partial charge in [-0.3, -0.25) is 0 Å². The van der Waals surface area contributed by atoms with Crippen LogP contribution in [0, 0.1) is 6.92 Å². The SMILES string of the molecule is CC.COc1cc(C)cc2sc(C(C)C)nc12. The summed E-state index contributed by atoms with van der Waals surface area (Å²) in [6.45, 7) is 10.4. The van der Waals surface area contributed by atoms with E-state index in [1.54, 1.807) is 18.4 Å². The van der Waals surface area contributed by atoms with E-state index >= 15 is 0 Å². The molecule has 0 amide bonds.